The van der Waals surface area contributed by atoms with E-state index < -0.39 is 10.0 Å². The van der Waals surface area contributed by atoms with Gasteiger partial charge in [-0.1, -0.05) is 25.8 Å². The van der Waals surface area contributed by atoms with Crippen LogP contribution in [0.5, 0.6) is 0 Å². The summed E-state index contributed by atoms with van der Waals surface area (Å²) < 4.78 is 27.1. The molecule has 0 bridgehead atoms. The molecule has 1 fully saturated rings. The molecule has 0 radical (unpaired) electrons. The maximum absolute atomic E-state index is 12.1. The Kier molecular flexibility index (Phi) is 10.4. The zero-order valence-electron chi connectivity index (χ0n) is 15.8. The lowest BCUT2D eigenvalue weighted by molar-refractivity contribution is 0.250. The van der Waals surface area contributed by atoms with Crippen molar-refractivity contribution in [2.45, 2.75) is 36.8 Å². The molecule has 1 heterocycles. The number of nitrogens with zero attached hydrogens (tertiary/aromatic N) is 2. The Balaban J connectivity index is 0.00000338. The largest absolute Gasteiger partial charge is 0.355 e. The van der Waals surface area contributed by atoms with E-state index in [4.69, 9.17) is 0 Å². The Labute approximate surface area is 178 Å². The molecule has 1 aromatic heterocycles. The van der Waals surface area contributed by atoms with Crippen molar-refractivity contribution >= 4 is 51.3 Å². The van der Waals surface area contributed by atoms with Crippen LogP contribution in [-0.2, 0) is 10.0 Å². The topological polar surface area (TPSA) is 73.8 Å². The third kappa shape index (κ3) is 7.32. The average Bonchev–Trinajstić information content (AvgIpc) is 3.12. The van der Waals surface area contributed by atoms with Crippen LogP contribution in [0.4, 0.5) is 0 Å². The summed E-state index contributed by atoms with van der Waals surface area (Å²) in [5.41, 5.74) is 0. The molecule has 2 N–H and O–H groups in total. The molecule has 0 aliphatic heterocycles. The van der Waals surface area contributed by atoms with Gasteiger partial charge < -0.3 is 10.2 Å². The summed E-state index contributed by atoms with van der Waals surface area (Å²) in [5.74, 6) is 2.39. The van der Waals surface area contributed by atoms with Gasteiger partial charge in [0.25, 0.3) is 0 Å². The van der Waals surface area contributed by atoms with E-state index in [0.29, 0.717) is 17.3 Å². The van der Waals surface area contributed by atoms with Crippen molar-refractivity contribution in [2.24, 2.45) is 16.8 Å². The van der Waals surface area contributed by atoms with E-state index in [1.54, 1.807) is 24.6 Å². The predicted molar refractivity (Wildman–Crippen MR) is 120 cm³/mol. The molecular formula is C17H31IN4O2S2. The van der Waals surface area contributed by atoms with Gasteiger partial charge in [0.15, 0.2) is 5.96 Å². The quantitative estimate of drug-likeness (QED) is 0.254. The summed E-state index contributed by atoms with van der Waals surface area (Å²) in [7, 11) is 0.412. The lowest BCUT2D eigenvalue weighted by Crippen LogP contribution is -2.44. The van der Waals surface area contributed by atoms with Crippen LogP contribution in [0, 0.1) is 11.8 Å². The molecular weight excluding hydrogens is 483 g/mol. The highest BCUT2D eigenvalue weighted by atomic mass is 127. The predicted octanol–water partition coefficient (Wildman–Crippen LogP) is 2.98. The number of guanidine groups is 1. The average molecular weight is 514 g/mol. The Morgan fingerprint density at radius 1 is 1.31 bits per heavy atom. The maximum atomic E-state index is 12.1. The van der Waals surface area contributed by atoms with E-state index in [1.165, 1.54) is 37.0 Å². The molecule has 6 nitrogen and oxygen atoms in total. The summed E-state index contributed by atoms with van der Waals surface area (Å²) in [5, 5.41) is 5.00. The Morgan fingerprint density at radius 3 is 2.58 bits per heavy atom. The van der Waals surface area contributed by atoms with Gasteiger partial charge in [0.05, 0.1) is 0 Å². The molecule has 9 heteroatoms. The van der Waals surface area contributed by atoms with Gasteiger partial charge in [-0.15, -0.1) is 35.3 Å². The van der Waals surface area contributed by atoms with Gasteiger partial charge >= 0.3 is 0 Å². The first-order valence-corrected chi connectivity index (χ1v) is 11.2. The second-order valence-corrected chi connectivity index (χ2v) is 9.75. The molecule has 0 saturated heterocycles. The summed E-state index contributed by atoms with van der Waals surface area (Å²) in [6.45, 7) is 4.16. The maximum Gasteiger partial charge on any atom is 0.250 e. The number of halogens is 1. The Morgan fingerprint density at radius 2 is 2.00 bits per heavy atom. The lowest BCUT2D eigenvalue weighted by Gasteiger charge is -2.31. The third-order valence-corrected chi connectivity index (χ3v) is 7.56. The zero-order valence-corrected chi connectivity index (χ0v) is 19.7. The second kappa shape index (κ2) is 11.5. The van der Waals surface area contributed by atoms with E-state index in [0.717, 1.165) is 24.3 Å². The fraction of sp³-hybridized carbons (Fsp3) is 0.706. The van der Waals surface area contributed by atoms with E-state index in [9.17, 15) is 8.42 Å². The van der Waals surface area contributed by atoms with Crippen molar-refractivity contribution in [2.75, 3.05) is 33.7 Å². The number of sulfonamides is 1. The van der Waals surface area contributed by atoms with Crippen LogP contribution in [0.3, 0.4) is 0 Å². The molecule has 0 spiro atoms. The van der Waals surface area contributed by atoms with Gasteiger partial charge in [-0.25, -0.2) is 13.1 Å². The normalized spacial score (nSPS) is 21.1. The van der Waals surface area contributed by atoms with Crippen LogP contribution in [0.25, 0.3) is 0 Å². The minimum Gasteiger partial charge on any atom is -0.355 e. The monoisotopic (exact) mass is 514 g/mol. The summed E-state index contributed by atoms with van der Waals surface area (Å²) in [4.78, 5) is 6.46. The Hall–Kier alpha value is -0.390. The highest BCUT2D eigenvalue weighted by molar-refractivity contribution is 14.0. The molecule has 1 aliphatic carbocycles. The molecule has 1 aromatic rings. The Bertz CT molecular complexity index is 642. The third-order valence-electron chi connectivity index (χ3n) is 4.70. The lowest BCUT2D eigenvalue weighted by atomic mass is 9.83. The van der Waals surface area contributed by atoms with E-state index in [1.807, 2.05) is 7.05 Å². The number of aliphatic imine (C=N–C) groups is 1. The smallest absolute Gasteiger partial charge is 0.250 e. The van der Waals surface area contributed by atoms with Crippen molar-refractivity contribution in [3.8, 4) is 0 Å². The van der Waals surface area contributed by atoms with E-state index in [-0.39, 0.29) is 24.0 Å². The number of thiophene rings is 1. The highest BCUT2D eigenvalue weighted by Gasteiger charge is 2.20. The molecule has 150 valence electrons. The van der Waals surface area contributed by atoms with Crippen LogP contribution in [0.1, 0.15) is 32.6 Å². The van der Waals surface area contributed by atoms with Crippen molar-refractivity contribution < 1.29 is 8.42 Å². The molecule has 2 rings (SSSR count). The van der Waals surface area contributed by atoms with Crippen molar-refractivity contribution in [3.05, 3.63) is 17.5 Å². The molecule has 0 aromatic carbocycles. The first kappa shape index (κ1) is 23.6. The van der Waals surface area contributed by atoms with Gasteiger partial charge in [0.2, 0.25) is 10.0 Å². The number of hydrogen-bond donors (Lipinski definition) is 2. The molecule has 1 saturated carbocycles. The standard InChI is InChI=1S/C17H30N4O2S2.HI/c1-14-6-8-15(9-7-14)13-21(3)17(18-2)19-10-11-20-25(22,23)16-5-4-12-24-16;/h4-5,12,14-15,20H,6-11,13H2,1-3H3,(H,18,19);1H. The summed E-state index contributed by atoms with van der Waals surface area (Å²) in [6.07, 6.45) is 5.19. The van der Waals surface area contributed by atoms with Gasteiger partial charge in [-0.3, -0.25) is 4.99 Å². The number of rotatable bonds is 7. The second-order valence-electron chi connectivity index (χ2n) is 6.81. The molecule has 0 unspecified atom stereocenters. The van der Waals surface area contributed by atoms with Gasteiger partial charge in [0, 0.05) is 33.7 Å². The van der Waals surface area contributed by atoms with Crippen LogP contribution < -0.4 is 10.0 Å². The summed E-state index contributed by atoms with van der Waals surface area (Å²) >= 11 is 1.22. The van der Waals surface area contributed by atoms with Crippen molar-refractivity contribution in [1.29, 1.82) is 0 Å². The fourth-order valence-electron chi connectivity index (χ4n) is 3.22. The molecule has 0 atom stereocenters. The van der Waals surface area contributed by atoms with Crippen molar-refractivity contribution in [3.63, 3.8) is 0 Å². The number of nitrogens with one attached hydrogen (secondary N) is 2. The van der Waals surface area contributed by atoms with Crippen molar-refractivity contribution in [1.82, 2.24) is 14.9 Å². The van der Waals surface area contributed by atoms with Crippen LogP contribution in [-0.4, -0.2) is 53.0 Å². The molecule has 1 aliphatic rings. The van der Waals surface area contributed by atoms with Gasteiger partial charge in [-0.2, -0.15) is 0 Å². The first-order valence-electron chi connectivity index (χ1n) is 8.87. The minimum absolute atomic E-state index is 0. The first-order chi connectivity index (χ1) is 11.9. The number of hydrogen-bond acceptors (Lipinski definition) is 4. The zero-order chi connectivity index (χ0) is 18.3. The SMILES string of the molecule is CN=C(NCCNS(=O)(=O)c1cccs1)N(C)CC1CCC(C)CC1.I. The highest BCUT2D eigenvalue weighted by Crippen LogP contribution is 2.28. The van der Waals surface area contributed by atoms with E-state index in [2.05, 4.69) is 26.9 Å². The fourth-order valence-corrected chi connectivity index (χ4v) is 5.29. The van der Waals surface area contributed by atoms with Crippen LogP contribution in [0.2, 0.25) is 0 Å². The molecule has 0 amide bonds. The van der Waals surface area contributed by atoms with Gasteiger partial charge in [-0.05, 0) is 36.1 Å². The molecule has 26 heavy (non-hydrogen) atoms. The van der Waals surface area contributed by atoms with Gasteiger partial charge in [0.1, 0.15) is 4.21 Å². The summed E-state index contributed by atoms with van der Waals surface area (Å²) in [6, 6.07) is 3.35. The minimum atomic E-state index is -3.39. The van der Waals surface area contributed by atoms with Crippen LogP contribution >= 0.6 is 35.3 Å². The van der Waals surface area contributed by atoms with Crippen LogP contribution in [0.15, 0.2) is 26.7 Å². The van der Waals surface area contributed by atoms with E-state index >= 15 is 0 Å².